The second-order valence-corrected chi connectivity index (χ2v) is 16.9. The van der Waals surface area contributed by atoms with Crippen LogP contribution in [0.4, 0.5) is 0 Å². The van der Waals surface area contributed by atoms with E-state index in [4.69, 9.17) is 37.6 Å². The third kappa shape index (κ3) is 4.76. The zero-order chi connectivity index (χ0) is 39.5. The van der Waals surface area contributed by atoms with Crippen LogP contribution in [0.3, 0.4) is 0 Å². The Morgan fingerprint density at radius 1 is 0.889 bits per heavy atom. The number of ether oxygens (including phenoxy) is 7. The number of epoxide rings is 1. The molecule has 1 aromatic heterocycles. The number of esters is 5. The van der Waals surface area contributed by atoms with Crippen molar-refractivity contribution in [2.24, 2.45) is 39.4 Å². The zero-order valence-electron chi connectivity index (χ0n) is 32.1. The van der Waals surface area contributed by atoms with Crippen LogP contribution in [0.15, 0.2) is 23.0 Å². The average Bonchev–Trinajstić information content (AvgIpc) is 3.45. The number of carbonyl (C=O) groups excluding carboxylic acids is 6. The maximum absolute atomic E-state index is 15.8. The molecule has 2 bridgehead atoms. The fourth-order valence-electron chi connectivity index (χ4n) is 12.2. The summed E-state index contributed by atoms with van der Waals surface area (Å²) < 4.78 is 48.9. The van der Waals surface area contributed by atoms with Gasteiger partial charge >= 0.3 is 29.8 Å². The second kappa shape index (κ2) is 12.6. The topological polar surface area (TPSA) is 204 Å². The fraction of sp³-hybridized carbons (Fsp3) is 0.744. The summed E-state index contributed by atoms with van der Waals surface area (Å²) in [6.45, 7) is 13.1. The highest BCUT2D eigenvalue weighted by Gasteiger charge is 2.93. The number of ketones is 1. The van der Waals surface area contributed by atoms with E-state index in [1.165, 1.54) is 13.2 Å². The predicted molar refractivity (Wildman–Crippen MR) is 181 cm³/mol. The van der Waals surface area contributed by atoms with Gasteiger partial charge in [-0.05, 0) is 43.7 Å². The lowest BCUT2D eigenvalue weighted by Gasteiger charge is -2.73. The van der Waals surface area contributed by atoms with Gasteiger partial charge in [-0.2, -0.15) is 0 Å². The average molecular weight is 759 g/mol. The number of rotatable bonds is 8. The van der Waals surface area contributed by atoms with Gasteiger partial charge in [0.15, 0.2) is 30.2 Å². The minimum absolute atomic E-state index is 0.0810. The van der Waals surface area contributed by atoms with Crippen LogP contribution in [-0.2, 0) is 61.9 Å². The first-order chi connectivity index (χ1) is 25.3. The van der Waals surface area contributed by atoms with Gasteiger partial charge in [0.1, 0.15) is 5.60 Å². The Hall–Kier alpha value is -3.82. The largest absolute Gasteiger partial charge is 0.472 e. The number of Topliss-reactive ketones (excluding diaryl/α,β-unsaturated/α-hetero) is 1. The van der Waals surface area contributed by atoms with Gasteiger partial charge in [-0.15, -0.1) is 0 Å². The molecule has 6 aliphatic rings. The zero-order valence-corrected chi connectivity index (χ0v) is 32.1. The van der Waals surface area contributed by atoms with Crippen LogP contribution >= 0.6 is 0 Å². The molecule has 0 radical (unpaired) electrons. The van der Waals surface area contributed by atoms with E-state index in [0.29, 0.717) is 12.8 Å². The van der Waals surface area contributed by atoms with Crippen LogP contribution in [-0.4, -0.2) is 95.9 Å². The fourth-order valence-corrected chi connectivity index (χ4v) is 12.2. The summed E-state index contributed by atoms with van der Waals surface area (Å²) in [5.41, 5.74) is -6.42. The first-order valence-corrected chi connectivity index (χ1v) is 18.7. The molecule has 15 heteroatoms. The van der Waals surface area contributed by atoms with E-state index in [9.17, 15) is 29.1 Å². The lowest BCUT2D eigenvalue weighted by Crippen LogP contribution is -2.85. The highest BCUT2D eigenvalue weighted by atomic mass is 16.7. The molecule has 1 aromatic rings. The van der Waals surface area contributed by atoms with E-state index >= 15 is 4.79 Å². The Kier molecular flexibility index (Phi) is 8.97. The van der Waals surface area contributed by atoms with E-state index in [2.05, 4.69) is 0 Å². The van der Waals surface area contributed by atoms with Crippen LogP contribution in [0.2, 0.25) is 0 Å². The van der Waals surface area contributed by atoms with E-state index in [1.807, 2.05) is 13.8 Å². The quantitative estimate of drug-likeness (QED) is 0.230. The molecular formula is C39H50O15. The first kappa shape index (κ1) is 38.5. The van der Waals surface area contributed by atoms with Gasteiger partial charge in [-0.1, -0.05) is 27.7 Å². The third-order valence-electron chi connectivity index (χ3n) is 14.4. The van der Waals surface area contributed by atoms with Crippen molar-refractivity contribution in [2.45, 2.75) is 136 Å². The van der Waals surface area contributed by atoms with Crippen LogP contribution in [0.5, 0.6) is 0 Å². The standard InChI is InChI=1S/C39H50O15/c1-10-17(2)33(46)53-34-35(7)24-14-25(44)37(9)29(38(24,16-48-34)32(52-21(6)43)28(49-18(3)40)31(35)51-20(5)42)27(45)30(50-19(4)41)36(8)23(22-11-12-47-15-22)13-26-39(36,37)54-26/h11-12,15,17,23-26,28-32,34,44H,10,13-14,16H2,1-9H3/t17-,23-,24+,25+,26+,28-,29+,30+,31+,32+,34+,35-,36+,37-,38+,39+/m1/s1. The van der Waals surface area contributed by atoms with Crippen molar-refractivity contribution in [3.05, 3.63) is 24.2 Å². The van der Waals surface area contributed by atoms with Gasteiger partial charge in [0.05, 0.1) is 48.1 Å². The highest BCUT2D eigenvalue weighted by Crippen LogP contribution is 2.83. The molecular weight excluding hydrogens is 708 g/mol. The van der Waals surface area contributed by atoms with Crippen molar-refractivity contribution in [3.8, 4) is 0 Å². The summed E-state index contributed by atoms with van der Waals surface area (Å²) in [7, 11) is 0. The van der Waals surface area contributed by atoms with E-state index < -0.39 is 129 Å². The summed E-state index contributed by atoms with van der Waals surface area (Å²) in [6.07, 6.45) is -5.23. The molecule has 1 spiro atoms. The third-order valence-corrected chi connectivity index (χ3v) is 14.4. The van der Waals surface area contributed by atoms with E-state index in [-0.39, 0.29) is 13.0 Å². The molecule has 0 amide bonds. The number of aliphatic hydroxyl groups is 1. The van der Waals surface area contributed by atoms with Crippen molar-refractivity contribution >= 4 is 35.6 Å². The highest BCUT2D eigenvalue weighted by molar-refractivity contribution is 5.93. The maximum atomic E-state index is 15.8. The lowest BCUT2D eigenvalue weighted by atomic mass is 9.33. The van der Waals surface area contributed by atoms with Gasteiger partial charge in [0, 0.05) is 50.4 Å². The second-order valence-electron chi connectivity index (χ2n) is 16.9. The Morgan fingerprint density at radius 3 is 2.09 bits per heavy atom. The Labute approximate surface area is 313 Å². The van der Waals surface area contributed by atoms with Gasteiger partial charge in [-0.3, -0.25) is 28.8 Å². The number of aliphatic hydroxyl groups excluding tert-OH is 1. The molecule has 4 saturated carbocycles. The van der Waals surface area contributed by atoms with Crippen molar-refractivity contribution in [2.75, 3.05) is 6.61 Å². The molecule has 1 N–H and O–H groups in total. The van der Waals surface area contributed by atoms with Crippen molar-refractivity contribution in [1.82, 2.24) is 0 Å². The first-order valence-electron chi connectivity index (χ1n) is 18.7. The Bertz CT molecular complexity index is 1760. The molecule has 0 unspecified atom stereocenters. The van der Waals surface area contributed by atoms with Gasteiger partial charge in [-0.25, -0.2) is 0 Å². The monoisotopic (exact) mass is 758 g/mol. The maximum Gasteiger partial charge on any atom is 0.310 e. The van der Waals surface area contributed by atoms with Crippen molar-refractivity contribution in [3.63, 3.8) is 0 Å². The number of fused-ring (bicyclic) bond motifs is 1. The molecule has 54 heavy (non-hydrogen) atoms. The SMILES string of the molecule is CC[C@@H](C)C(=O)O[C@@H]1OC[C@@]23[C@H]4C(=O)[C@H](OC(C)=O)[C@]5(C)[C@@H](c6ccoc6)C[C@@H]6O[C@@]65[C@]4(C)[C@@H](O)C[C@H]2[C@]1(C)[C@@H](OC(C)=O)[C@@H](OC(C)=O)[C@@H]3OC(C)=O. The van der Waals surface area contributed by atoms with Crippen molar-refractivity contribution < 1.29 is 71.4 Å². The molecule has 15 nitrogen and oxygen atoms in total. The number of carbonyl (C=O) groups is 6. The molecule has 7 rings (SSSR count). The predicted octanol–water partition coefficient (Wildman–Crippen LogP) is 3.18. The summed E-state index contributed by atoms with van der Waals surface area (Å²) in [6, 6.07) is 1.79. The molecule has 4 aliphatic carbocycles. The number of hydrogen-bond donors (Lipinski definition) is 1. The van der Waals surface area contributed by atoms with E-state index in [1.54, 1.807) is 33.1 Å². The van der Waals surface area contributed by atoms with E-state index in [0.717, 1.165) is 26.3 Å². The molecule has 2 saturated heterocycles. The minimum Gasteiger partial charge on any atom is -0.472 e. The van der Waals surface area contributed by atoms with Crippen LogP contribution in [0.25, 0.3) is 0 Å². The lowest BCUT2D eigenvalue weighted by molar-refractivity contribution is -0.391. The van der Waals surface area contributed by atoms with Gasteiger partial charge < -0.3 is 42.7 Å². The summed E-state index contributed by atoms with van der Waals surface area (Å²) in [4.78, 5) is 81.2. The van der Waals surface area contributed by atoms with Crippen molar-refractivity contribution in [1.29, 1.82) is 0 Å². The minimum atomic E-state index is -1.65. The summed E-state index contributed by atoms with van der Waals surface area (Å²) >= 11 is 0. The summed E-state index contributed by atoms with van der Waals surface area (Å²) in [5, 5.41) is 12.8. The van der Waals surface area contributed by atoms with Crippen LogP contribution in [0.1, 0.15) is 93.1 Å². The van der Waals surface area contributed by atoms with Crippen LogP contribution in [0, 0.1) is 39.4 Å². The molecule has 0 aromatic carbocycles. The smallest absolute Gasteiger partial charge is 0.310 e. The molecule has 16 atom stereocenters. The normalized spacial score (nSPS) is 46.0. The molecule has 296 valence electrons. The Morgan fingerprint density at radius 2 is 1.52 bits per heavy atom. The van der Waals surface area contributed by atoms with Gasteiger partial charge in [0.2, 0.25) is 6.29 Å². The number of hydrogen-bond acceptors (Lipinski definition) is 15. The Balaban J connectivity index is 1.50. The summed E-state index contributed by atoms with van der Waals surface area (Å²) in [5.74, 6) is -7.50. The number of furan rings is 1. The molecule has 6 fully saturated rings. The van der Waals surface area contributed by atoms with Gasteiger partial charge in [0.25, 0.3) is 0 Å². The molecule has 2 aliphatic heterocycles. The molecule has 3 heterocycles. The van der Waals surface area contributed by atoms with Crippen LogP contribution < -0.4 is 0 Å².